The molecule has 1 saturated carbocycles. The molecule has 2 N–H and O–H groups in total. The maximum absolute atomic E-state index is 10.7. The first-order valence-electron chi connectivity index (χ1n) is 3.87. The number of hydrogen-bond donors (Lipinski definition) is 2. The summed E-state index contributed by atoms with van der Waals surface area (Å²) in [6.07, 6.45) is 1.04. The lowest BCUT2D eigenvalue weighted by Crippen LogP contribution is -2.26. The Balaban J connectivity index is 2.03. The number of hydrogen-bond acceptors (Lipinski definition) is 3. The molecule has 64 valence electrons. The summed E-state index contributed by atoms with van der Waals surface area (Å²) >= 11 is 0. The molecular weight excluding hydrogens is 158 g/mol. The van der Waals surface area contributed by atoms with Gasteiger partial charge in [0.25, 0.3) is 0 Å². The van der Waals surface area contributed by atoms with E-state index in [1.165, 1.54) is 0 Å². The minimum atomic E-state index is -0.623. The molecule has 5 nitrogen and oxygen atoms in total. The van der Waals surface area contributed by atoms with E-state index in [2.05, 4.69) is 22.5 Å². The lowest BCUT2D eigenvalue weighted by Gasteiger charge is -1.93. The van der Waals surface area contributed by atoms with E-state index in [1.807, 2.05) is 0 Å². The second-order valence-electron chi connectivity index (χ2n) is 3.17. The highest BCUT2D eigenvalue weighted by Crippen LogP contribution is 2.32. The molecule has 12 heavy (non-hydrogen) atoms. The highest BCUT2D eigenvalue weighted by Gasteiger charge is 2.34. The van der Waals surface area contributed by atoms with Crippen LogP contribution in [0.25, 0.3) is 0 Å². The van der Waals surface area contributed by atoms with E-state index in [4.69, 9.17) is 0 Å². The summed E-state index contributed by atoms with van der Waals surface area (Å²) in [6, 6.07) is 0.277. The smallest absolute Gasteiger partial charge is 0.288 e. The topological polar surface area (TPSA) is 70.6 Å². The summed E-state index contributed by atoms with van der Waals surface area (Å²) in [6.45, 7) is 2.08. The van der Waals surface area contributed by atoms with Crippen LogP contribution in [0.1, 0.15) is 13.3 Å². The Morgan fingerprint density at radius 3 is 2.25 bits per heavy atom. The number of nitrogens with zero attached hydrogens (tertiary/aromatic N) is 1. The van der Waals surface area contributed by atoms with Gasteiger partial charge < -0.3 is 0 Å². The molecule has 2 fully saturated rings. The average Bonchev–Trinajstić information content (AvgIpc) is 2.56. The van der Waals surface area contributed by atoms with Crippen LogP contribution in [0.15, 0.2) is 4.99 Å². The Bertz CT molecular complexity index is 266. The van der Waals surface area contributed by atoms with Crippen molar-refractivity contribution in [2.75, 3.05) is 0 Å². The quantitative estimate of drug-likeness (QED) is 0.491. The highest BCUT2D eigenvalue weighted by molar-refractivity contribution is 6.45. The molecule has 2 rings (SSSR count). The van der Waals surface area contributed by atoms with Crippen LogP contribution in [-0.4, -0.2) is 23.8 Å². The van der Waals surface area contributed by atoms with Crippen molar-refractivity contribution >= 4 is 17.8 Å². The Labute approximate surface area is 69.2 Å². The summed E-state index contributed by atoms with van der Waals surface area (Å²) in [5.74, 6) is -0.365. The second-order valence-corrected chi connectivity index (χ2v) is 3.17. The third-order valence-corrected chi connectivity index (χ3v) is 2.03. The summed E-state index contributed by atoms with van der Waals surface area (Å²) in [5, 5.41) is 4.69. The first-order valence-corrected chi connectivity index (χ1v) is 3.87. The number of carbonyl (C=O) groups is 2. The lowest BCUT2D eigenvalue weighted by molar-refractivity contribution is -0.135. The van der Waals surface area contributed by atoms with Crippen LogP contribution >= 0.6 is 0 Å². The van der Waals surface area contributed by atoms with E-state index < -0.39 is 11.8 Å². The van der Waals surface area contributed by atoms with E-state index in [-0.39, 0.29) is 6.04 Å². The number of aliphatic imine (C=N–C) groups is 1. The van der Waals surface area contributed by atoms with E-state index in [0.29, 0.717) is 11.9 Å². The second kappa shape index (κ2) is 2.30. The first kappa shape index (κ1) is 7.27. The van der Waals surface area contributed by atoms with Gasteiger partial charge in [-0.1, -0.05) is 6.92 Å². The Hall–Kier alpha value is -1.39. The predicted octanol–water partition coefficient (Wildman–Crippen LogP) is -1.00. The van der Waals surface area contributed by atoms with Crippen LogP contribution in [0.5, 0.6) is 0 Å². The number of nitrogens with one attached hydrogen (secondary N) is 2. The van der Waals surface area contributed by atoms with Crippen molar-refractivity contribution in [2.24, 2.45) is 10.9 Å². The summed E-state index contributed by atoms with van der Waals surface area (Å²) in [7, 11) is 0. The lowest BCUT2D eigenvalue weighted by atomic mass is 10.5. The van der Waals surface area contributed by atoms with Gasteiger partial charge in [0, 0.05) is 0 Å². The zero-order valence-electron chi connectivity index (χ0n) is 6.63. The molecule has 0 aromatic heterocycles. The van der Waals surface area contributed by atoms with Gasteiger partial charge >= 0.3 is 11.8 Å². The van der Waals surface area contributed by atoms with Crippen molar-refractivity contribution in [3.63, 3.8) is 0 Å². The van der Waals surface area contributed by atoms with E-state index in [1.54, 1.807) is 0 Å². The standard InChI is InChI=1S/C7H9N3O2/c1-3-2-4(3)8-7-9-5(11)6(12)10-7/h3-4H,2H2,1H3,(H2,8,9,10,11,12). The van der Waals surface area contributed by atoms with Crippen molar-refractivity contribution in [1.82, 2.24) is 10.6 Å². The van der Waals surface area contributed by atoms with Gasteiger partial charge in [0.15, 0.2) is 0 Å². The molecule has 0 radical (unpaired) electrons. The first-order chi connectivity index (χ1) is 5.66. The molecule has 0 aromatic carbocycles. The van der Waals surface area contributed by atoms with Gasteiger partial charge in [-0.05, 0) is 12.3 Å². The molecule has 2 aliphatic rings. The van der Waals surface area contributed by atoms with E-state index >= 15 is 0 Å². The monoisotopic (exact) mass is 167 g/mol. The highest BCUT2D eigenvalue weighted by atomic mass is 16.2. The Morgan fingerprint density at radius 2 is 1.83 bits per heavy atom. The zero-order valence-corrected chi connectivity index (χ0v) is 6.63. The maximum Gasteiger partial charge on any atom is 0.316 e. The van der Waals surface area contributed by atoms with Crippen LogP contribution in [-0.2, 0) is 9.59 Å². The van der Waals surface area contributed by atoms with Gasteiger partial charge in [-0.25, -0.2) is 4.99 Å². The Morgan fingerprint density at radius 1 is 1.33 bits per heavy atom. The van der Waals surface area contributed by atoms with Crippen LogP contribution in [0.2, 0.25) is 0 Å². The predicted molar refractivity (Wildman–Crippen MR) is 41.3 cm³/mol. The SMILES string of the molecule is CC1CC1N=C1NC(=O)C(=O)N1. The molecule has 2 atom stereocenters. The minimum Gasteiger partial charge on any atom is -0.288 e. The van der Waals surface area contributed by atoms with Gasteiger partial charge in [0.05, 0.1) is 6.04 Å². The van der Waals surface area contributed by atoms with Crippen LogP contribution < -0.4 is 10.6 Å². The molecule has 0 bridgehead atoms. The van der Waals surface area contributed by atoms with E-state index in [9.17, 15) is 9.59 Å². The van der Waals surface area contributed by atoms with Crippen LogP contribution in [0, 0.1) is 5.92 Å². The van der Waals surface area contributed by atoms with Gasteiger partial charge in [0.2, 0.25) is 5.96 Å². The van der Waals surface area contributed by atoms with Gasteiger partial charge in [-0.15, -0.1) is 0 Å². The van der Waals surface area contributed by atoms with Gasteiger partial charge in [-0.2, -0.15) is 0 Å². The molecule has 0 aromatic rings. The molecule has 2 amide bonds. The van der Waals surface area contributed by atoms with Crippen molar-refractivity contribution < 1.29 is 9.59 Å². The number of carbonyl (C=O) groups excluding carboxylic acids is 2. The maximum atomic E-state index is 10.7. The third kappa shape index (κ3) is 1.17. The molecule has 1 saturated heterocycles. The Kier molecular flexibility index (Phi) is 1.39. The summed E-state index contributed by atoms with van der Waals surface area (Å²) < 4.78 is 0. The van der Waals surface area contributed by atoms with Crippen LogP contribution in [0.3, 0.4) is 0 Å². The molecule has 1 aliphatic heterocycles. The molecular formula is C7H9N3O2. The normalized spacial score (nSPS) is 32.9. The fourth-order valence-corrected chi connectivity index (χ4v) is 1.07. The summed E-state index contributed by atoms with van der Waals surface area (Å²) in [5.41, 5.74) is 0. The fraction of sp³-hybridized carbons (Fsp3) is 0.571. The number of amides is 2. The average molecular weight is 167 g/mol. The third-order valence-electron chi connectivity index (χ3n) is 2.03. The molecule has 0 spiro atoms. The van der Waals surface area contributed by atoms with Gasteiger partial charge in [-0.3, -0.25) is 20.2 Å². The van der Waals surface area contributed by atoms with Crippen molar-refractivity contribution in [3.8, 4) is 0 Å². The fourth-order valence-electron chi connectivity index (χ4n) is 1.07. The van der Waals surface area contributed by atoms with Crippen LogP contribution in [0.4, 0.5) is 0 Å². The van der Waals surface area contributed by atoms with Crippen molar-refractivity contribution in [2.45, 2.75) is 19.4 Å². The number of rotatable bonds is 1. The zero-order chi connectivity index (χ0) is 8.72. The number of guanidine groups is 1. The van der Waals surface area contributed by atoms with Crippen molar-refractivity contribution in [1.29, 1.82) is 0 Å². The van der Waals surface area contributed by atoms with Crippen molar-refractivity contribution in [3.05, 3.63) is 0 Å². The minimum absolute atomic E-state index is 0.277. The van der Waals surface area contributed by atoms with E-state index in [0.717, 1.165) is 6.42 Å². The van der Waals surface area contributed by atoms with Gasteiger partial charge in [0.1, 0.15) is 0 Å². The summed E-state index contributed by atoms with van der Waals surface area (Å²) in [4.78, 5) is 25.4. The molecule has 5 heteroatoms. The molecule has 2 unspecified atom stereocenters. The largest absolute Gasteiger partial charge is 0.316 e. The molecule has 1 aliphatic carbocycles. The molecule has 1 heterocycles.